The number of hydrogen-bond acceptors (Lipinski definition) is 8. The Bertz CT molecular complexity index is 1560. The van der Waals surface area contributed by atoms with Gasteiger partial charge in [-0.3, -0.25) is 14.6 Å². The normalized spacial score (nSPS) is 18.5. The topological polar surface area (TPSA) is 137 Å². The van der Waals surface area contributed by atoms with Gasteiger partial charge in [-0.1, -0.05) is 13.8 Å². The number of carbonyl (C=O) groups excluding carboxylic acids is 2. The Hall–Kier alpha value is -4.51. The molecule has 0 spiro atoms. The molecule has 1 atom stereocenters. The van der Waals surface area contributed by atoms with Crippen LogP contribution in [0, 0.1) is 5.41 Å². The number of piperazine rings is 1. The number of benzene rings is 1. The van der Waals surface area contributed by atoms with Crippen LogP contribution in [0.1, 0.15) is 30.8 Å². The van der Waals surface area contributed by atoms with Gasteiger partial charge < -0.3 is 30.6 Å². The van der Waals surface area contributed by atoms with E-state index in [-0.39, 0.29) is 23.3 Å². The molecule has 0 unspecified atom stereocenters. The van der Waals surface area contributed by atoms with E-state index in [0.29, 0.717) is 48.5 Å². The van der Waals surface area contributed by atoms with Gasteiger partial charge in [-0.05, 0) is 42.8 Å². The first-order valence-electron chi connectivity index (χ1n) is 13.5. The summed E-state index contributed by atoms with van der Waals surface area (Å²) in [6, 6.07) is 13.1. The Morgan fingerprint density at radius 1 is 1.07 bits per heavy atom. The van der Waals surface area contributed by atoms with Crippen LogP contribution in [0.3, 0.4) is 0 Å². The number of carbonyl (C=O) groups is 2. The summed E-state index contributed by atoms with van der Waals surface area (Å²) in [6.07, 6.45) is 4.08. The van der Waals surface area contributed by atoms with Crippen molar-refractivity contribution in [3.8, 4) is 17.1 Å². The minimum Gasteiger partial charge on any atom is -0.491 e. The van der Waals surface area contributed by atoms with E-state index in [1.54, 1.807) is 24.5 Å². The van der Waals surface area contributed by atoms with E-state index in [4.69, 9.17) is 4.74 Å². The van der Waals surface area contributed by atoms with Gasteiger partial charge in [0.15, 0.2) is 0 Å². The highest BCUT2D eigenvalue weighted by Gasteiger charge is 2.39. The summed E-state index contributed by atoms with van der Waals surface area (Å²) in [7, 11) is 0. The Balaban J connectivity index is 1.14. The zero-order valence-corrected chi connectivity index (χ0v) is 22.5. The van der Waals surface area contributed by atoms with Crippen molar-refractivity contribution >= 4 is 34.4 Å². The van der Waals surface area contributed by atoms with E-state index >= 15 is 0 Å². The molecule has 0 radical (unpaired) electrons. The smallest absolute Gasteiger partial charge is 0.270 e. The lowest BCUT2D eigenvalue weighted by Crippen LogP contribution is -2.46. The van der Waals surface area contributed by atoms with Gasteiger partial charge in [0.2, 0.25) is 11.9 Å². The maximum absolute atomic E-state index is 12.9. The molecule has 5 heterocycles. The molecule has 2 aliphatic rings. The van der Waals surface area contributed by atoms with Crippen molar-refractivity contribution in [1.29, 1.82) is 0 Å². The number of aromatic amines is 1. The Morgan fingerprint density at radius 2 is 1.90 bits per heavy atom. The van der Waals surface area contributed by atoms with Gasteiger partial charge >= 0.3 is 0 Å². The molecule has 2 amide bonds. The van der Waals surface area contributed by atoms with Crippen molar-refractivity contribution in [2.75, 3.05) is 38.1 Å². The number of aromatic nitrogens is 4. The average molecular weight is 541 g/mol. The van der Waals surface area contributed by atoms with Gasteiger partial charge in [0, 0.05) is 66.6 Å². The fourth-order valence-electron chi connectivity index (χ4n) is 5.13. The summed E-state index contributed by atoms with van der Waals surface area (Å²) in [6.45, 7) is 7.30. The second kappa shape index (κ2) is 10.6. The highest BCUT2D eigenvalue weighted by Crippen LogP contribution is 2.29. The number of anilines is 2. The van der Waals surface area contributed by atoms with Crippen molar-refractivity contribution < 1.29 is 14.3 Å². The Labute approximate surface area is 231 Å². The third kappa shape index (κ3) is 5.46. The van der Waals surface area contributed by atoms with Crippen LogP contribution in [-0.2, 0) is 4.79 Å². The molecular formula is C29H32N8O3. The molecule has 0 saturated carbocycles. The minimum atomic E-state index is -0.377. The third-order valence-electron chi connectivity index (χ3n) is 7.32. The largest absolute Gasteiger partial charge is 0.491 e. The first kappa shape index (κ1) is 25.8. The molecule has 0 bridgehead atoms. The molecule has 0 aliphatic carbocycles. The van der Waals surface area contributed by atoms with Crippen molar-refractivity contribution in [1.82, 2.24) is 35.5 Å². The summed E-state index contributed by atoms with van der Waals surface area (Å²) in [4.78, 5) is 43.5. The lowest BCUT2D eigenvalue weighted by molar-refractivity contribution is -0.126. The predicted molar refractivity (Wildman–Crippen MR) is 151 cm³/mol. The molecule has 11 heteroatoms. The second-order valence-corrected chi connectivity index (χ2v) is 10.9. The third-order valence-corrected chi connectivity index (χ3v) is 7.32. The minimum absolute atomic E-state index is 0.0128. The summed E-state index contributed by atoms with van der Waals surface area (Å²) in [5.41, 5.74) is 3.19. The van der Waals surface area contributed by atoms with Gasteiger partial charge in [0.1, 0.15) is 18.1 Å². The highest BCUT2D eigenvalue weighted by atomic mass is 16.5. The van der Waals surface area contributed by atoms with Crippen molar-refractivity contribution in [2.24, 2.45) is 5.41 Å². The number of hydrogen-bond donors (Lipinski definition) is 4. The van der Waals surface area contributed by atoms with E-state index in [2.05, 4.69) is 35.9 Å². The molecular weight excluding hydrogens is 508 g/mol. The lowest BCUT2D eigenvalue weighted by atomic mass is 9.90. The molecule has 2 aliphatic heterocycles. The van der Waals surface area contributed by atoms with E-state index in [1.165, 1.54) is 0 Å². The fourth-order valence-corrected chi connectivity index (χ4v) is 5.13. The maximum atomic E-state index is 12.9. The fraction of sp³-hybridized carbons (Fsp3) is 0.345. The zero-order chi connectivity index (χ0) is 27.7. The number of pyridine rings is 1. The monoisotopic (exact) mass is 540 g/mol. The average Bonchev–Trinajstić information content (AvgIpc) is 3.51. The number of amides is 2. The number of ether oxygens (including phenoxy) is 1. The van der Waals surface area contributed by atoms with Gasteiger partial charge in [-0.15, -0.1) is 0 Å². The van der Waals surface area contributed by atoms with E-state index < -0.39 is 0 Å². The number of rotatable bonds is 7. The van der Waals surface area contributed by atoms with Crippen LogP contribution < -0.4 is 20.7 Å². The molecule has 4 aromatic rings. The summed E-state index contributed by atoms with van der Waals surface area (Å²) >= 11 is 0. The maximum Gasteiger partial charge on any atom is 0.270 e. The Morgan fingerprint density at radius 3 is 2.70 bits per heavy atom. The highest BCUT2D eigenvalue weighted by molar-refractivity contribution is 5.98. The molecule has 4 N–H and O–H groups in total. The van der Waals surface area contributed by atoms with Crippen LogP contribution in [0.15, 0.2) is 54.9 Å². The Kier molecular flexibility index (Phi) is 6.81. The second-order valence-electron chi connectivity index (χ2n) is 10.9. The van der Waals surface area contributed by atoms with Crippen LogP contribution in [0.4, 0.5) is 11.6 Å². The van der Waals surface area contributed by atoms with Crippen LogP contribution in [0.5, 0.6) is 5.75 Å². The molecule has 2 fully saturated rings. The van der Waals surface area contributed by atoms with Crippen molar-refractivity contribution in [3.63, 3.8) is 0 Å². The molecule has 40 heavy (non-hydrogen) atoms. The molecule has 206 valence electrons. The summed E-state index contributed by atoms with van der Waals surface area (Å²) in [5, 5.41) is 10.4. The molecule has 3 aromatic heterocycles. The van der Waals surface area contributed by atoms with Gasteiger partial charge in [-0.2, -0.15) is 0 Å². The van der Waals surface area contributed by atoms with Gasteiger partial charge in [0.05, 0.1) is 17.4 Å². The molecule has 11 nitrogen and oxygen atoms in total. The van der Waals surface area contributed by atoms with Gasteiger partial charge in [0.25, 0.3) is 5.91 Å². The van der Waals surface area contributed by atoms with E-state index in [9.17, 15) is 9.59 Å². The van der Waals surface area contributed by atoms with E-state index in [0.717, 1.165) is 36.1 Å². The molecule has 1 aromatic carbocycles. The van der Waals surface area contributed by atoms with Crippen LogP contribution in [-0.4, -0.2) is 75.5 Å². The quantitative estimate of drug-likeness (QED) is 0.281. The number of H-pyrrole nitrogens is 1. The lowest BCUT2D eigenvalue weighted by Gasteiger charge is -2.26. The SMILES string of the molecule is CC1(C)C[C@@H](COc2ccnc(-c3ccnc(Nc4ccc5[nH]c(C(=O)N6CCNCC6)cc5c4)n3)c2)NC1=O. The van der Waals surface area contributed by atoms with E-state index in [1.807, 2.05) is 49.1 Å². The zero-order valence-electron chi connectivity index (χ0n) is 22.5. The van der Waals surface area contributed by atoms with Crippen LogP contribution >= 0.6 is 0 Å². The summed E-state index contributed by atoms with van der Waals surface area (Å²) < 4.78 is 5.97. The summed E-state index contributed by atoms with van der Waals surface area (Å²) in [5.74, 6) is 1.14. The number of nitrogens with zero attached hydrogens (tertiary/aromatic N) is 4. The van der Waals surface area contributed by atoms with Crippen molar-refractivity contribution in [2.45, 2.75) is 26.3 Å². The molecule has 2 saturated heterocycles. The first-order chi connectivity index (χ1) is 19.3. The standard InChI is InChI=1S/C29H32N8O3/c1-29(2)16-20(33-27(29)39)17-40-21-5-7-31-24(15-21)23-6-8-32-28(36-23)34-19-3-4-22-18(13-19)14-25(35-22)26(38)37-11-9-30-10-12-37/h3-8,13-15,20,30,35H,9-12,16-17H2,1-2H3,(H,33,39)(H,32,34,36)/t20-/m0/s1. The van der Waals surface area contributed by atoms with Crippen LogP contribution in [0.2, 0.25) is 0 Å². The molecule has 6 rings (SSSR count). The van der Waals surface area contributed by atoms with Crippen molar-refractivity contribution in [3.05, 3.63) is 60.6 Å². The van der Waals surface area contributed by atoms with Crippen LogP contribution in [0.25, 0.3) is 22.3 Å². The first-order valence-corrected chi connectivity index (χ1v) is 13.5. The van der Waals surface area contributed by atoms with Gasteiger partial charge in [-0.25, -0.2) is 9.97 Å². The predicted octanol–water partition coefficient (Wildman–Crippen LogP) is 3.10. The number of fused-ring (bicyclic) bond motifs is 1. The number of nitrogens with one attached hydrogen (secondary N) is 4.